The van der Waals surface area contributed by atoms with Gasteiger partial charge in [-0.25, -0.2) is 0 Å². The zero-order chi connectivity index (χ0) is 13.3. The molecule has 0 aromatic heterocycles. The summed E-state index contributed by atoms with van der Waals surface area (Å²) in [5, 5.41) is 3.68. The molecule has 0 radical (unpaired) electrons. The molecule has 3 nitrogen and oxygen atoms in total. The van der Waals surface area contributed by atoms with Gasteiger partial charge in [-0.05, 0) is 39.5 Å². The predicted molar refractivity (Wildman–Crippen MR) is 75.8 cm³/mol. The first-order valence-corrected chi connectivity index (χ1v) is 7.53. The summed E-state index contributed by atoms with van der Waals surface area (Å²) in [4.78, 5) is 2.69. The third kappa shape index (κ3) is 3.06. The molecule has 2 rings (SSSR count). The van der Waals surface area contributed by atoms with E-state index in [4.69, 9.17) is 4.74 Å². The molecular weight excluding hydrogens is 224 g/mol. The number of piperazine rings is 1. The molecule has 2 heterocycles. The van der Waals surface area contributed by atoms with Crippen LogP contribution in [0.15, 0.2) is 0 Å². The Morgan fingerprint density at radius 1 is 1.28 bits per heavy atom. The van der Waals surface area contributed by atoms with Crippen molar-refractivity contribution in [3.63, 3.8) is 0 Å². The van der Waals surface area contributed by atoms with Crippen molar-refractivity contribution in [2.45, 2.75) is 71.2 Å². The van der Waals surface area contributed by atoms with Gasteiger partial charge in [0.1, 0.15) is 0 Å². The lowest BCUT2D eigenvalue weighted by Crippen LogP contribution is -2.66. The number of hydrogen-bond donors (Lipinski definition) is 1. The van der Waals surface area contributed by atoms with Crippen LogP contribution in [-0.2, 0) is 4.74 Å². The van der Waals surface area contributed by atoms with Crippen molar-refractivity contribution in [1.29, 1.82) is 0 Å². The van der Waals surface area contributed by atoms with Crippen LogP contribution in [0.5, 0.6) is 0 Å². The van der Waals surface area contributed by atoms with Gasteiger partial charge >= 0.3 is 0 Å². The van der Waals surface area contributed by atoms with Gasteiger partial charge in [0.2, 0.25) is 0 Å². The third-order valence-electron chi connectivity index (χ3n) is 4.59. The highest BCUT2D eigenvalue weighted by Crippen LogP contribution is 2.27. The minimum Gasteiger partial charge on any atom is -0.377 e. The molecule has 1 N–H and O–H groups in total. The molecule has 2 saturated heterocycles. The van der Waals surface area contributed by atoms with Crippen LogP contribution in [0.4, 0.5) is 0 Å². The van der Waals surface area contributed by atoms with E-state index in [1.54, 1.807) is 0 Å². The van der Waals surface area contributed by atoms with E-state index in [-0.39, 0.29) is 5.54 Å². The van der Waals surface area contributed by atoms with E-state index in [0.717, 1.165) is 19.7 Å². The van der Waals surface area contributed by atoms with Gasteiger partial charge in [0.25, 0.3) is 0 Å². The Morgan fingerprint density at radius 2 is 2.00 bits per heavy atom. The van der Waals surface area contributed by atoms with E-state index in [2.05, 4.69) is 44.8 Å². The van der Waals surface area contributed by atoms with Crippen molar-refractivity contribution in [1.82, 2.24) is 10.2 Å². The molecular formula is C15H30N2O. The summed E-state index contributed by atoms with van der Waals surface area (Å²) in [7, 11) is 0. The van der Waals surface area contributed by atoms with Gasteiger partial charge < -0.3 is 10.1 Å². The van der Waals surface area contributed by atoms with Crippen molar-refractivity contribution >= 4 is 0 Å². The molecule has 3 heteroatoms. The first-order valence-electron chi connectivity index (χ1n) is 7.53. The highest BCUT2D eigenvalue weighted by Gasteiger charge is 2.39. The molecule has 2 aliphatic rings. The third-order valence-corrected chi connectivity index (χ3v) is 4.59. The van der Waals surface area contributed by atoms with Crippen LogP contribution in [0, 0.1) is 5.92 Å². The molecule has 2 aliphatic heterocycles. The van der Waals surface area contributed by atoms with E-state index in [1.165, 1.54) is 12.8 Å². The number of nitrogens with zero attached hydrogens (tertiary/aromatic N) is 1. The Balaban J connectivity index is 2.08. The Kier molecular flexibility index (Phi) is 4.35. The molecule has 0 bridgehead atoms. The van der Waals surface area contributed by atoms with Crippen molar-refractivity contribution in [2.75, 3.05) is 19.7 Å². The van der Waals surface area contributed by atoms with Gasteiger partial charge in [0, 0.05) is 37.3 Å². The Hall–Kier alpha value is -0.120. The summed E-state index contributed by atoms with van der Waals surface area (Å²) >= 11 is 0. The zero-order valence-electron chi connectivity index (χ0n) is 12.7. The highest BCUT2D eigenvalue weighted by molar-refractivity contribution is 4.97. The average molecular weight is 254 g/mol. The van der Waals surface area contributed by atoms with Crippen LogP contribution in [0.1, 0.15) is 47.5 Å². The topological polar surface area (TPSA) is 24.5 Å². The lowest BCUT2D eigenvalue weighted by atomic mass is 9.90. The molecule has 0 amide bonds. The Bertz CT molecular complexity index is 272. The summed E-state index contributed by atoms with van der Waals surface area (Å²) < 4.78 is 5.90. The first kappa shape index (κ1) is 14.3. The smallest absolute Gasteiger partial charge is 0.0728 e. The number of nitrogens with one attached hydrogen (secondary N) is 1. The van der Waals surface area contributed by atoms with Crippen LogP contribution in [0.3, 0.4) is 0 Å². The summed E-state index contributed by atoms with van der Waals surface area (Å²) in [5.41, 5.74) is 0.220. The molecule has 0 aliphatic carbocycles. The van der Waals surface area contributed by atoms with Gasteiger partial charge in [-0.1, -0.05) is 13.8 Å². The van der Waals surface area contributed by atoms with E-state index in [9.17, 15) is 0 Å². The molecule has 0 saturated carbocycles. The number of ether oxygens (including phenoxy) is 1. The van der Waals surface area contributed by atoms with Gasteiger partial charge in [-0.3, -0.25) is 4.90 Å². The van der Waals surface area contributed by atoms with Gasteiger partial charge in [0.15, 0.2) is 0 Å². The highest BCUT2D eigenvalue weighted by atomic mass is 16.5. The summed E-state index contributed by atoms with van der Waals surface area (Å²) in [6.07, 6.45) is 2.91. The summed E-state index contributed by atoms with van der Waals surface area (Å²) in [6, 6.07) is 1.18. The van der Waals surface area contributed by atoms with Crippen molar-refractivity contribution < 1.29 is 4.74 Å². The molecule has 106 valence electrons. The van der Waals surface area contributed by atoms with E-state index in [0.29, 0.717) is 24.1 Å². The van der Waals surface area contributed by atoms with Crippen molar-refractivity contribution in [3.05, 3.63) is 0 Å². The minimum absolute atomic E-state index is 0.220. The molecule has 18 heavy (non-hydrogen) atoms. The molecule has 0 aromatic carbocycles. The lowest BCUT2D eigenvalue weighted by molar-refractivity contribution is -0.0269. The standard InChI is InChI=1S/C15H30N2O/c1-11(2)13-9-16-15(4,5)10-17(13)12(3)14-7-6-8-18-14/h11-14,16H,6-10H2,1-5H3. The minimum atomic E-state index is 0.220. The van der Waals surface area contributed by atoms with Crippen LogP contribution in [0.25, 0.3) is 0 Å². The summed E-state index contributed by atoms with van der Waals surface area (Å²) in [5.74, 6) is 0.692. The maximum absolute atomic E-state index is 5.90. The fraction of sp³-hybridized carbons (Fsp3) is 1.00. The second-order valence-corrected chi connectivity index (χ2v) is 7.04. The summed E-state index contributed by atoms with van der Waals surface area (Å²) in [6.45, 7) is 14.8. The zero-order valence-corrected chi connectivity index (χ0v) is 12.7. The Labute approximate surface area is 112 Å². The molecule has 3 unspecified atom stereocenters. The molecule has 2 fully saturated rings. The number of rotatable bonds is 3. The fourth-order valence-electron chi connectivity index (χ4n) is 3.39. The van der Waals surface area contributed by atoms with Gasteiger partial charge in [0.05, 0.1) is 6.10 Å². The second kappa shape index (κ2) is 5.48. The largest absolute Gasteiger partial charge is 0.377 e. The lowest BCUT2D eigenvalue weighted by Gasteiger charge is -2.49. The number of hydrogen-bond acceptors (Lipinski definition) is 3. The van der Waals surface area contributed by atoms with Gasteiger partial charge in [-0.2, -0.15) is 0 Å². The normalized spacial score (nSPS) is 35.0. The van der Waals surface area contributed by atoms with Crippen LogP contribution >= 0.6 is 0 Å². The Morgan fingerprint density at radius 3 is 2.56 bits per heavy atom. The van der Waals surface area contributed by atoms with Crippen LogP contribution in [0.2, 0.25) is 0 Å². The maximum atomic E-state index is 5.90. The predicted octanol–water partition coefficient (Wildman–Crippen LogP) is 2.26. The molecule has 3 atom stereocenters. The van der Waals surface area contributed by atoms with E-state index in [1.807, 2.05) is 0 Å². The average Bonchev–Trinajstić information content (AvgIpc) is 2.79. The van der Waals surface area contributed by atoms with Crippen molar-refractivity contribution in [2.24, 2.45) is 5.92 Å². The quantitative estimate of drug-likeness (QED) is 0.836. The van der Waals surface area contributed by atoms with E-state index >= 15 is 0 Å². The molecule has 0 aromatic rings. The maximum Gasteiger partial charge on any atom is 0.0728 e. The van der Waals surface area contributed by atoms with E-state index < -0.39 is 0 Å². The molecule has 0 spiro atoms. The van der Waals surface area contributed by atoms with Crippen LogP contribution in [-0.4, -0.2) is 48.3 Å². The van der Waals surface area contributed by atoms with Crippen molar-refractivity contribution in [3.8, 4) is 0 Å². The second-order valence-electron chi connectivity index (χ2n) is 7.04. The first-order chi connectivity index (χ1) is 8.41. The SMILES string of the molecule is CC(C)C1CNC(C)(C)CN1C(C)C1CCCO1. The fourth-order valence-corrected chi connectivity index (χ4v) is 3.39. The van der Waals surface area contributed by atoms with Gasteiger partial charge in [-0.15, -0.1) is 0 Å². The monoisotopic (exact) mass is 254 g/mol. The van der Waals surface area contributed by atoms with Crippen LogP contribution < -0.4 is 5.32 Å².